The van der Waals surface area contributed by atoms with Gasteiger partial charge in [-0.2, -0.15) is 0 Å². The van der Waals surface area contributed by atoms with Gasteiger partial charge in [0.1, 0.15) is 12.3 Å². The third-order valence-corrected chi connectivity index (χ3v) is 5.81. The number of nitrogens with one attached hydrogen (secondary N) is 1. The second-order valence-corrected chi connectivity index (χ2v) is 8.43. The van der Waals surface area contributed by atoms with Crippen molar-refractivity contribution >= 4 is 40.8 Å². The van der Waals surface area contributed by atoms with E-state index in [4.69, 9.17) is 27.6 Å². The van der Waals surface area contributed by atoms with Crippen LogP contribution in [0.25, 0.3) is 0 Å². The molecule has 0 radical (unpaired) electrons. The lowest BCUT2D eigenvalue weighted by atomic mass is 10.1. The molecule has 0 aliphatic rings. The van der Waals surface area contributed by atoms with Crippen LogP contribution in [0.5, 0.6) is 0 Å². The molecule has 8 heteroatoms. The molecule has 174 valence electrons. The van der Waals surface area contributed by atoms with E-state index in [1.54, 1.807) is 35.4 Å². The molecule has 0 unspecified atom stereocenters. The lowest BCUT2D eigenvalue weighted by molar-refractivity contribution is -0.132. The van der Waals surface area contributed by atoms with E-state index >= 15 is 0 Å². The van der Waals surface area contributed by atoms with Gasteiger partial charge in [-0.3, -0.25) is 4.79 Å². The zero-order valence-corrected chi connectivity index (χ0v) is 20.0. The number of benzene rings is 2. The number of amides is 3. The Labute approximate surface area is 204 Å². The van der Waals surface area contributed by atoms with Crippen molar-refractivity contribution in [2.45, 2.75) is 26.3 Å². The summed E-state index contributed by atoms with van der Waals surface area (Å²) in [5.41, 5.74) is 1.65. The average molecular weight is 488 g/mol. The molecule has 3 amide bonds. The van der Waals surface area contributed by atoms with Gasteiger partial charge >= 0.3 is 6.03 Å². The van der Waals surface area contributed by atoms with Crippen molar-refractivity contribution in [2.24, 2.45) is 0 Å². The second kappa shape index (κ2) is 12.3. The zero-order chi connectivity index (χ0) is 23.6. The van der Waals surface area contributed by atoms with Gasteiger partial charge in [0.2, 0.25) is 5.91 Å². The fourth-order valence-electron chi connectivity index (χ4n) is 3.35. The minimum absolute atomic E-state index is 0.0451. The fraction of sp³-hybridized carbons (Fsp3) is 0.280. The predicted octanol–water partition coefficient (Wildman–Crippen LogP) is 6.10. The van der Waals surface area contributed by atoms with Crippen LogP contribution in [0.3, 0.4) is 0 Å². The van der Waals surface area contributed by atoms with E-state index in [0.717, 1.165) is 5.56 Å². The maximum absolute atomic E-state index is 13.3. The largest absolute Gasteiger partial charge is 0.467 e. The number of hydrogen-bond donors (Lipinski definition) is 1. The second-order valence-electron chi connectivity index (χ2n) is 7.61. The number of carbonyl (C=O) groups excluding carboxylic acids is 2. The Balaban J connectivity index is 1.68. The first-order valence-electron chi connectivity index (χ1n) is 10.8. The van der Waals surface area contributed by atoms with E-state index in [1.165, 1.54) is 4.90 Å². The fourth-order valence-corrected chi connectivity index (χ4v) is 3.65. The first-order valence-corrected chi connectivity index (χ1v) is 11.6. The highest BCUT2D eigenvalue weighted by Gasteiger charge is 2.22. The summed E-state index contributed by atoms with van der Waals surface area (Å²) in [4.78, 5) is 29.4. The van der Waals surface area contributed by atoms with Crippen LogP contribution in [0, 0.1) is 0 Å². The number of anilines is 1. The summed E-state index contributed by atoms with van der Waals surface area (Å²) in [7, 11) is 0. The van der Waals surface area contributed by atoms with Crippen LogP contribution in [0.15, 0.2) is 71.3 Å². The van der Waals surface area contributed by atoms with Crippen LogP contribution in [0.1, 0.15) is 24.7 Å². The maximum Gasteiger partial charge on any atom is 0.322 e. The van der Waals surface area contributed by atoms with E-state index in [1.807, 2.05) is 43.3 Å². The van der Waals surface area contributed by atoms with Gasteiger partial charge < -0.3 is 19.5 Å². The first kappa shape index (κ1) is 24.7. The molecule has 1 aromatic heterocycles. The highest BCUT2D eigenvalue weighted by Crippen LogP contribution is 2.25. The number of urea groups is 1. The molecular formula is C25H27Cl2N3O3. The minimum Gasteiger partial charge on any atom is -0.467 e. The molecule has 1 N–H and O–H groups in total. The lowest BCUT2D eigenvalue weighted by Gasteiger charge is -2.27. The van der Waals surface area contributed by atoms with Gasteiger partial charge in [0.25, 0.3) is 0 Å². The molecule has 0 aliphatic heterocycles. The van der Waals surface area contributed by atoms with Crippen molar-refractivity contribution < 1.29 is 14.0 Å². The van der Waals surface area contributed by atoms with Crippen molar-refractivity contribution in [1.29, 1.82) is 0 Å². The van der Waals surface area contributed by atoms with Crippen molar-refractivity contribution in [3.63, 3.8) is 0 Å². The molecule has 3 aromatic rings. The van der Waals surface area contributed by atoms with Crippen molar-refractivity contribution in [3.8, 4) is 0 Å². The topological polar surface area (TPSA) is 65.8 Å². The Bertz CT molecular complexity index is 1040. The predicted molar refractivity (Wildman–Crippen MR) is 132 cm³/mol. The molecular weight excluding hydrogens is 461 g/mol. The number of furan rings is 1. The zero-order valence-electron chi connectivity index (χ0n) is 18.5. The SMILES string of the molecule is CCCN(CC(=O)N(CCc1ccccc1)Cc1ccco1)C(=O)Nc1ccc(Cl)c(Cl)c1. The Morgan fingerprint density at radius 2 is 1.73 bits per heavy atom. The third kappa shape index (κ3) is 7.55. The van der Waals surface area contributed by atoms with Crippen LogP contribution in [0.2, 0.25) is 10.0 Å². The molecule has 0 aliphatic carbocycles. The molecule has 6 nitrogen and oxygen atoms in total. The molecule has 0 saturated carbocycles. The Morgan fingerprint density at radius 3 is 2.39 bits per heavy atom. The van der Waals surface area contributed by atoms with Gasteiger partial charge in [-0.15, -0.1) is 0 Å². The summed E-state index contributed by atoms with van der Waals surface area (Å²) in [6.45, 7) is 3.20. The van der Waals surface area contributed by atoms with Crippen LogP contribution in [-0.2, 0) is 17.8 Å². The van der Waals surface area contributed by atoms with E-state index in [-0.39, 0.29) is 18.5 Å². The highest BCUT2D eigenvalue weighted by atomic mass is 35.5. The van der Waals surface area contributed by atoms with Crippen LogP contribution in [0.4, 0.5) is 10.5 Å². The summed E-state index contributed by atoms with van der Waals surface area (Å²) in [6.07, 6.45) is 3.00. The lowest BCUT2D eigenvalue weighted by Crippen LogP contribution is -2.45. The third-order valence-electron chi connectivity index (χ3n) is 5.07. The van der Waals surface area contributed by atoms with Crippen molar-refractivity contribution in [3.05, 3.63) is 88.3 Å². The monoisotopic (exact) mass is 487 g/mol. The van der Waals surface area contributed by atoms with Gasteiger partial charge in [0, 0.05) is 18.8 Å². The number of hydrogen-bond acceptors (Lipinski definition) is 3. The number of carbonyl (C=O) groups is 2. The first-order chi connectivity index (χ1) is 16.0. The van der Waals surface area contributed by atoms with Gasteiger partial charge in [-0.05, 0) is 48.7 Å². The van der Waals surface area contributed by atoms with Gasteiger partial charge in [0.15, 0.2) is 0 Å². The highest BCUT2D eigenvalue weighted by molar-refractivity contribution is 6.42. The van der Waals surface area contributed by atoms with Crippen LogP contribution in [-0.4, -0.2) is 41.4 Å². The van der Waals surface area contributed by atoms with Crippen molar-refractivity contribution in [2.75, 3.05) is 25.0 Å². The average Bonchev–Trinajstić information content (AvgIpc) is 3.32. The molecule has 0 spiro atoms. The molecule has 0 fully saturated rings. The molecule has 0 saturated heterocycles. The molecule has 0 atom stereocenters. The number of halogens is 2. The van der Waals surface area contributed by atoms with Gasteiger partial charge in [-0.25, -0.2) is 4.79 Å². The van der Waals surface area contributed by atoms with E-state index in [0.29, 0.717) is 54.0 Å². The molecule has 2 aromatic carbocycles. The summed E-state index contributed by atoms with van der Waals surface area (Å²) < 4.78 is 5.46. The molecule has 0 bridgehead atoms. The maximum atomic E-state index is 13.3. The summed E-state index contributed by atoms with van der Waals surface area (Å²) in [5.74, 6) is 0.541. The molecule has 3 rings (SSSR count). The van der Waals surface area contributed by atoms with Gasteiger partial charge in [0.05, 0.1) is 22.9 Å². The number of rotatable bonds is 10. The van der Waals surface area contributed by atoms with E-state index < -0.39 is 0 Å². The van der Waals surface area contributed by atoms with E-state index in [2.05, 4.69) is 5.32 Å². The Hall–Kier alpha value is -2.96. The van der Waals surface area contributed by atoms with Crippen LogP contribution < -0.4 is 5.32 Å². The summed E-state index contributed by atoms with van der Waals surface area (Å²) in [5, 5.41) is 3.55. The smallest absolute Gasteiger partial charge is 0.322 e. The summed E-state index contributed by atoms with van der Waals surface area (Å²) in [6, 6.07) is 18.1. The normalized spacial score (nSPS) is 10.6. The standard InChI is InChI=1S/C25H27Cl2N3O3/c1-2-13-30(25(32)28-20-10-11-22(26)23(27)16-20)18-24(31)29(17-21-9-6-15-33-21)14-12-19-7-4-3-5-8-19/h3-11,15-16H,2,12-14,17-18H2,1H3,(H,28,32). The molecule has 1 heterocycles. The minimum atomic E-state index is -0.371. The molecule has 33 heavy (non-hydrogen) atoms. The van der Waals surface area contributed by atoms with Gasteiger partial charge in [-0.1, -0.05) is 60.5 Å². The summed E-state index contributed by atoms with van der Waals surface area (Å²) >= 11 is 12.0. The Morgan fingerprint density at radius 1 is 0.939 bits per heavy atom. The van der Waals surface area contributed by atoms with Crippen LogP contribution >= 0.6 is 23.2 Å². The van der Waals surface area contributed by atoms with E-state index in [9.17, 15) is 9.59 Å². The van der Waals surface area contributed by atoms with Crippen molar-refractivity contribution in [1.82, 2.24) is 9.80 Å². The quantitative estimate of drug-likeness (QED) is 0.375. The number of nitrogens with zero attached hydrogens (tertiary/aromatic N) is 2. The Kier molecular flexibility index (Phi) is 9.22.